The molecule has 178 valence electrons. The number of piperidine rings is 1. The van der Waals surface area contributed by atoms with E-state index in [1.165, 1.54) is 24.8 Å². The molecule has 0 unspecified atom stereocenters. The summed E-state index contributed by atoms with van der Waals surface area (Å²) in [6, 6.07) is 20.9. The van der Waals surface area contributed by atoms with Crippen LogP contribution in [0.3, 0.4) is 0 Å². The van der Waals surface area contributed by atoms with E-state index in [0.717, 1.165) is 56.8 Å². The summed E-state index contributed by atoms with van der Waals surface area (Å²) in [5, 5.41) is 13.3. The maximum absolute atomic E-state index is 13.2. The summed E-state index contributed by atoms with van der Waals surface area (Å²) in [5.74, 6) is 0.874. The zero-order valence-electron chi connectivity index (χ0n) is 20.0. The summed E-state index contributed by atoms with van der Waals surface area (Å²) in [6.07, 6.45) is 7.47. The van der Waals surface area contributed by atoms with Crippen molar-refractivity contribution in [1.29, 1.82) is 0 Å². The van der Waals surface area contributed by atoms with Gasteiger partial charge in [0.2, 0.25) is 5.91 Å². The molecule has 1 aliphatic heterocycles. The van der Waals surface area contributed by atoms with Gasteiger partial charge in [0.15, 0.2) is 5.82 Å². The van der Waals surface area contributed by atoms with E-state index in [1.807, 2.05) is 35.2 Å². The molecule has 0 bridgehead atoms. The Labute approximate surface area is 201 Å². The quantitative estimate of drug-likeness (QED) is 0.535. The Bertz CT molecular complexity index is 1070. The number of rotatable bonds is 6. The topological polar surface area (TPSA) is 67.2 Å². The monoisotopic (exact) mass is 458 g/mol. The van der Waals surface area contributed by atoms with E-state index in [-0.39, 0.29) is 5.91 Å². The van der Waals surface area contributed by atoms with E-state index >= 15 is 0 Å². The van der Waals surface area contributed by atoms with Crippen molar-refractivity contribution in [1.82, 2.24) is 25.1 Å². The van der Waals surface area contributed by atoms with Crippen LogP contribution in [0.2, 0.25) is 0 Å². The number of anilines is 1. The molecule has 0 atom stereocenters. The molecule has 3 aromatic rings. The SMILES string of the molecule is CC(=O)N(c1ccccc1)C1(c2nnnn2C2CCCCC2)CCN(Cc2ccccc2)CC1. The molecule has 1 amide bonds. The number of hydrogen-bond acceptors (Lipinski definition) is 5. The molecule has 5 rings (SSSR count). The maximum Gasteiger partial charge on any atom is 0.224 e. The summed E-state index contributed by atoms with van der Waals surface area (Å²) < 4.78 is 2.06. The van der Waals surface area contributed by atoms with Crippen molar-refractivity contribution in [3.8, 4) is 0 Å². The van der Waals surface area contributed by atoms with Gasteiger partial charge in [-0.3, -0.25) is 14.6 Å². The fourth-order valence-electron chi connectivity index (χ4n) is 5.85. The lowest BCUT2D eigenvalue weighted by molar-refractivity contribution is -0.118. The Morgan fingerprint density at radius 3 is 2.26 bits per heavy atom. The number of carbonyl (C=O) groups excluding carboxylic acids is 1. The third-order valence-electron chi connectivity index (χ3n) is 7.52. The van der Waals surface area contributed by atoms with E-state index in [9.17, 15) is 4.79 Å². The number of amides is 1. The lowest BCUT2D eigenvalue weighted by Crippen LogP contribution is -2.56. The average molecular weight is 459 g/mol. The van der Waals surface area contributed by atoms with Crippen LogP contribution in [0.4, 0.5) is 5.69 Å². The van der Waals surface area contributed by atoms with Gasteiger partial charge in [-0.15, -0.1) is 5.10 Å². The molecule has 7 heteroatoms. The van der Waals surface area contributed by atoms with Crippen LogP contribution in [0, 0.1) is 0 Å². The molecule has 1 aromatic heterocycles. The average Bonchev–Trinajstić information content (AvgIpc) is 3.38. The minimum absolute atomic E-state index is 0.0286. The number of likely N-dealkylation sites (tertiary alicyclic amines) is 1. The highest BCUT2D eigenvalue weighted by Crippen LogP contribution is 2.42. The highest BCUT2D eigenvalue weighted by Gasteiger charge is 2.48. The van der Waals surface area contributed by atoms with Gasteiger partial charge >= 0.3 is 0 Å². The molecule has 34 heavy (non-hydrogen) atoms. The molecule has 0 spiro atoms. The van der Waals surface area contributed by atoms with Crippen molar-refractivity contribution in [2.24, 2.45) is 0 Å². The molecule has 2 fully saturated rings. The summed E-state index contributed by atoms with van der Waals surface area (Å²) >= 11 is 0. The second kappa shape index (κ2) is 10.1. The fourth-order valence-corrected chi connectivity index (χ4v) is 5.85. The Hall–Kier alpha value is -3.06. The molecule has 0 radical (unpaired) electrons. The van der Waals surface area contributed by atoms with Crippen molar-refractivity contribution < 1.29 is 4.79 Å². The van der Waals surface area contributed by atoms with Crippen molar-refractivity contribution in [3.05, 3.63) is 72.1 Å². The molecule has 2 aromatic carbocycles. The van der Waals surface area contributed by atoms with Gasteiger partial charge in [-0.1, -0.05) is 67.8 Å². The van der Waals surface area contributed by atoms with Crippen LogP contribution >= 0.6 is 0 Å². The molecule has 7 nitrogen and oxygen atoms in total. The predicted molar refractivity (Wildman–Crippen MR) is 132 cm³/mol. The van der Waals surface area contributed by atoms with Crippen molar-refractivity contribution >= 4 is 11.6 Å². The number of hydrogen-bond donors (Lipinski definition) is 0. The van der Waals surface area contributed by atoms with Crippen molar-refractivity contribution in [2.45, 2.75) is 70.0 Å². The van der Waals surface area contributed by atoms with Gasteiger partial charge in [-0.05, 0) is 53.8 Å². The highest BCUT2D eigenvalue weighted by molar-refractivity contribution is 5.93. The fraction of sp³-hybridized carbons (Fsp3) is 0.481. The van der Waals surface area contributed by atoms with Crippen LogP contribution in [0.15, 0.2) is 60.7 Å². The Kier molecular flexibility index (Phi) is 6.72. The van der Waals surface area contributed by atoms with Gasteiger partial charge in [0.05, 0.1) is 6.04 Å². The Morgan fingerprint density at radius 1 is 0.971 bits per heavy atom. The second-order valence-corrected chi connectivity index (χ2v) is 9.72. The van der Waals surface area contributed by atoms with E-state index in [2.05, 4.69) is 55.4 Å². The standard InChI is InChI=1S/C27H34N6O/c1-22(34)32(24-13-7-3-8-14-24)27(26-28-29-30-33(26)25-15-9-4-10-16-25)17-19-31(20-18-27)21-23-11-5-2-6-12-23/h2-3,5-8,11-14,25H,4,9-10,15-21H2,1H3. The van der Waals surface area contributed by atoms with E-state index in [4.69, 9.17) is 0 Å². The highest BCUT2D eigenvalue weighted by atomic mass is 16.2. The first kappa shape index (κ1) is 22.7. The molecular weight excluding hydrogens is 424 g/mol. The van der Waals surface area contributed by atoms with Crippen LogP contribution in [0.5, 0.6) is 0 Å². The minimum Gasteiger partial charge on any atom is -0.299 e. The number of nitrogens with zero attached hydrogens (tertiary/aromatic N) is 6. The van der Waals surface area contributed by atoms with E-state index in [1.54, 1.807) is 6.92 Å². The van der Waals surface area contributed by atoms with E-state index in [0.29, 0.717) is 6.04 Å². The molecule has 0 N–H and O–H groups in total. The number of tetrazole rings is 1. The summed E-state index contributed by atoms with van der Waals surface area (Å²) in [5.41, 5.74) is 1.65. The maximum atomic E-state index is 13.2. The van der Waals surface area contributed by atoms with Crippen LogP contribution in [0.25, 0.3) is 0 Å². The van der Waals surface area contributed by atoms with Crippen molar-refractivity contribution in [3.63, 3.8) is 0 Å². The van der Waals surface area contributed by atoms with Crippen LogP contribution in [-0.2, 0) is 16.9 Å². The number of benzene rings is 2. The minimum atomic E-state index is -0.568. The van der Waals surface area contributed by atoms with Gasteiger partial charge < -0.3 is 0 Å². The molecular formula is C27H34N6O. The third kappa shape index (κ3) is 4.49. The molecule has 1 saturated carbocycles. The third-order valence-corrected chi connectivity index (χ3v) is 7.52. The molecule has 2 heterocycles. The number of para-hydroxylation sites is 1. The van der Waals surface area contributed by atoms with Gasteiger partial charge in [0.1, 0.15) is 5.54 Å². The summed E-state index contributed by atoms with van der Waals surface area (Å²) in [7, 11) is 0. The van der Waals surface area contributed by atoms with Gasteiger partial charge in [0, 0.05) is 32.2 Å². The zero-order chi connectivity index (χ0) is 23.4. The number of carbonyl (C=O) groups is 1. The predicted octanol–water partition coefficient (Wildman–Crippen LogP) is 4.72. The van der Waals surface area contributed by atoms with Crippen LogP contribution < -0.4 is 4.90 Å². The van der Waals surface area contributed by atoms with Crippen molar-refractivity contribution in [2.75, 3.05) is 18.0 Å². The lowest BCUT2D eigenvalue weighted by Gasteiger charge is -2.48. The Balaban J connectivity index is 1.51. The van der Waals surface area contributed by atoms with Gasteiger partial charge in [-0.2, -0.15) is 0 Å². The summed E-state index contributed by atoms with van der Waals surface area (Å²) in [4.78, 5) is 17.7. The Morgan fingerprint density at radius 2 is 1.62 bits per heavy atom. The largest absolute Gasteiger partial charge is 0.299 e. The van der Waals surface area contributed by atoms with E-state index < -0.39 is 5.54 Å². The van der Waals surface area contributed by atoms with Gasteiger partial charge in [0.25, 0.3) is 0 Å². The van der Waals surface area contributed by atoms with Gasteiger partial charge in [-0.25, -0.2) is 4.68 Å². The zero-order valence-corrected chi connectivity index (χ0v) is 20.0. The van der Waals surface area contributed by atoms with Crippen LogP contribution in [-0.4, -0.2) is 44.1 Å². The first-order valence-corrected chi connectivity index (χ1v) is 12.6. The first-order chi connectivity index (χ1) is 16.7. The summed E-state index contributed by atoms with van der Waals surface area (Å²) in [6.45, 7) is 4.34. The smallest absolute Gasteiger partial charge is 0.224 e. The normalized spacial score (nSPS) is 19.1. The van der Waals surface area contributed by atoms with Crippen LogP contribution in [0.1, 0.15) is 69.3 Å². The molecule has 1 saturated heterocycles. The molecule has 2 aliphatic rings. The second-order valence-electron chi connectivity index (χ2n) is 9.72. The molecule has 1 aliphatic carbocycles. The number of aromatic nitrogens is 4. The first-order valence-electron chi connectivity index (χ1n) is 12.6. The lowest BCUT2D eigenvalue weighted by atomic mass is 9.83.